The average Bonchev–Trinajstić information content (AvgIpc) is 2.35. The van der Waals surface area contributed by atoms with Crippen molar-refractivity contribution in [1.82, 2.24) is 5.32 Å². The third kappa shape index (κ3) is 4.47. The topological polar surface area (TPSA) is 89.5 Å². The molecule has 1 heterocycles. The summed E-state index contributed by atoms with van der Waals surface area (Å²) in [6.07, 6.45) is 2.05. The van der Waals surface area contributed by atoms with Crippen LogP contribution in [0.2, 0.25) is 0 Å². The molecule has 1 amide bonds. The minimum atomic E-state index is -3.39. The van der Waals surface area contributed by atoms with Gasteiger partial charge in [0.1, 0.15) is 11.3 Å². The predicted octanol–water partition coefficient (Wildman–Crippen LogP) is 0.658. The van der Waals surface area contributed by atoms with E-state index >= 15 is 0 Å². The van der Waals surface area contributed by atoms with E-state index in [-0.39, 0.29) is 11.7 Å². The standard InChI is InChI=1S/C13H23NO5S/c1-9(2)8-10(13(16)19-3)14-12(15)11-6-4-5-7-20(11,17)18/h9-11H,4-8H2,1-3H3,(H,14,15). The molecule has 20 heavy (non-hydrogen) atoms. The Hall–Kier alpha value is -1.11. The van der Waals surface area contributed by atoms with Gasteiger partial charge in [-0.3, -0.25) is 4.79 Å². The average molecular weight is 305 g/mol. The van der Waals surface area contributed by atoms with Gasteiger partial charge in [-0.05, 0) is 25.2 Å². The lowest BCUT2D eigenvalue weighted by atomic mass is 10.0. The number of amides is 1. The molecule has 0 radical (unpaired) electrons. The summed E-state index contributed by atoms with van der Waals surface area (Å²) in [6, 6.07) is -0.787. The van der Waals surface area contributed by atoms with Gasteiger partial charge in [0.25, 0.3) is 0 Å². The highest BCUT2D eigenvalue weighted by Gasteiger charge is 2.36. The molecule has 2 atom stereocenters. The normalized spacial score (nSPS) is 23.1. The first-order valence-corrected chi connectivity index (χ1v) is 8.59. The zero-order valence-corrected chi connectivity index (χ0v) is 13.0. The van der Waals surface area contributed by atoms with Crippen LogP contribution < -0.4 is 5.32 Å². The van der Waals surface area contributed by atoms with Gasteiger partial charge in [0, 0.05) is 0 Å². The van der Waals surface area contributed by atoms with Crippen LogP contribution in [-0.4, -0.2) is 44.4 Å². The zero-order valence-electron chi connectivity index (χ0n) is 12.2. The lowest BCUT2D eigenvalue weighted by Crippen LogP contribution is -2.49. The molecule has 0 aliphatic carbocycles. The van der Waals surface area contributed by atoms with E-state index in [1.165, 1.54) is 7.11 Å². The molecule has 1 rings (SSSR count). The third-order valence-corrected chi connectivity index (χ3v) is 5.55. The minimum absolute atomic E-state index is 0.0398. The van der Waals surface area contributed by atoms with E-state index in [9.17, 15) is 18.0 Å². The fourth-order valence-electron chi connectivity index (χ4n) is 2.34. The number of methoxy groups -OCH3 is 1. The smallest absolute Gasteiger partial charge is 0.328 e. The summed E-state index contributed by atoms with van der Waals surface area (Å²) in [5.74, 6) is -0.901. The van der Waals surface area contributed by atoms with E-state index in [2.05, 4.69) is 10.1 Å². The van der Waals surface area contributed by atoms with Gasteiger partial charge >= 0.3 is 5.97 Å². The molecule has 0 saturated carbocycles. The van der Waals surface area contributed by atoms with Crippen LogP contribution in [0.4, 0.5) is 0 Å². The summed E-state index contributed by atoms with van der Waals surface area (Å²) in [7, 11) is -2.14. The van der Waals surface area contributed by atoms with Crippen LogP contribution in [0, 0.1) is 5.92 Å². The van der Waals surface area contributed by atoms with Crippen LogP contribution in [0.15, 0.2) is 0 Å². The van der Waals surface area contributed by atoms with Crippen molar-refractivity contribution in [3.8, 4) is 0 Å². The molecule has 1 N–H and O–H groups in total. The van der Waals surface area contributed by atoms with E-state index in [1.807, 2.05) is 13.8 Å². The Morgan fingerprint density at radius 2 is 1.95 bits per heavy atom. The van der Waals surface area contributed by atoms with Crippen LogP contribution in [0.5, 0.6) is 0 Å². The number of rotatable bonds is 5. The summed E-state index contributed by atoms with van der Waals surface area (Å²) in [6.45, 7) is 3.83. The number of nitrogens with one attached hydrogen (secondary N) is 1. The molecule has 7 heteroatoms. The van der Waals surface area contributed by atoms with E-state index in [4.69, 9.17) is 0 Å². The molecule has 116 valence electrons. The SMILES string of the molecule is COC(=O)C(CC(C)C)NC(=O)C1CCCCS1(=O)=O. The van der Waals surface area contributed by atoms with E-state index in [0.29, 0.717) is 25.7 Å². The maximum Gasteiger partial charge on any atom is 0.328 e. The lowest BCUT2D eigenvalue weighted by Gasteiger charge is -2.24. The van der Waals surface area contributed by atoms with Crippen molar-refractivity contribution in [2.45, 2.75) is 50.8 Å². The molecule has 0 aromatic heterocycles. The number of esters is 1. The number of sulfone groups is 1. The second-order valence-electron chi connectivity index (χ2n) is 5.57. The van der Waals surface area contributed by atoms with Crippen LogP contribution in [-0.2, 0) is 24.2 Å². The maximum absolute atomic E-state index is 12.1. The molecule has 1 fully saturated rings. The van der Waals surface area contributed by atoms with Crippen LogP contribution >= 0.6 is 0 Å². The Kier molecular flexibility index (Phi) is 5.98. The molecule has 0 aromatic rings. The minimum Gasteiger partial charge on any atom is -0.467 e. The molecule has 0 bridgehead atoms. The first kappa shape index (κ1) is 16.9. The van der Waals surface area contributed by atoms with Crippen molar-refractivity contribution < 1.29 is 22.7 Å². The molecule has 0 spiro atoms. The van der Waals surface area contributed by atoms with Gasteiger partial charge in [0.15, 0.2) is 9.84 Å². The van der Waals surface area contributed by atoms with E-state index in [1.54, 1.807) is 0 Å². The molecule has 2 unspecified atom stereocenters. The van der Waals surface area contributed by atoms with Gasteiger partial charge in [-0.1, -0.05) is 20.3 Å². The van der Waals surface area contributed by atoms with Crippen LogP contribution in [0.3, 0.4) is 0 Å². The highest BCUT2D eigenvalue weighted by atomic mass is 32.2. The van der Waals surface area contributed by atoms with Crippen LogP contribution in [0.1, 0.15) is 39.5 Å². The van der Waals surface area contributed by atoms with Gasteiger partial charge in [-0.15, -0.1) is 0 Å². The van der Waals surface area contributed by atoms with Crippen LogP contribution in [0.25, 0.3) is 0 Å². The van der Waals surface area contributed by atoms with Gasteiger partial charge in [-0.2, -0.15) is 0 Å². The Balaban J connectivity index is 2.77. The fraction of sp³-hybridized carbons (Fsp3) is 0.846. The number of hydrogen-bond donors (Lipinski definition) is 1. The Morgan fingerprint density at radius 3 is 2.45 bits per heavy atom. The predicted molar refractivity (Wildman–Crippen MR) is 74.8 cm³/mol. The second-order valence-corrected chi connectivity index (χ2v) is 7.87. The Labute approximate surface area is 120 Å². The quantitative estimate of drug-likeness (QED) is 0.754. The molecule has 1 aliphatic rings. The maximum atomic E-state index is 12.1. The first-order chi connectivity index (χ1) is 9.27. The summed E-state index contributed by atoms with van der Waals surface area (Å²) >= 11 is 0. The Bertz CT molecular complexity index is 457. The summed E-state index contributed by atoms with van der Waals surface area (Å²) in [5.41, 5.74) is 0. The monoisotopic (exact) mass is 305 g/mol. The van der Waals surface area contributed by atoms with Crippen molar-refractivity contribution in [1.29, 1.82) is 0 Å². The molecule has 1 aliphatic heterocycles. The molecule has 6 nitrogen and oxygen atoms in total. The summed E-state index contributed by atoms with van der Waals surface area (Å²) in [5, 5.41) is 1.50. The lowest BCUT2D eigenvalue weighted by molar-refractivity contribution is -0.145. The van der Waals surface area contributed by atoms with Crippen molar-refractivity contribution in [2.24, 2.45) is 5.92 Å². The molecule has 0 aromatic carbocycles. The van der Waals surface area contributed by atoms with Gasteiger partial charge in [0.05, 0.1) is 12.9 Å². The van der Waals surface area contributed by atoms with Gasteiger partial charge in [-0.25, -0.2) is 13.2 Å². The fourth-order valence-corrected chi connectivity index (χ4v) is 4.15. The number of carbonyl (C=O) groups is 2. The largest absolute Gasteiger partial charge is 0.467 e. The summed E-state index contributed by atoms with van der Waals surface area (Å²) in [4.78, 5) is 23.8. The molecular formula is C13H23NO5S. The highest BCUT2D eigenvalue weighted by molar-refractivity contribution is 7.92. The molecule has 1 saturated heterocycles. The number of carbonyl (C=O) groups excluding carboxylic acids is 2. The van der Waals surface area contributed by atoms with E-state index in [0.717, 1.165) is 0 Å². The van der Waals surface area contributed by atoms with E-state index < -0.39 is 33.0 Å². The third-order valence-electron chi connectivity index (χ3n) is 3.38. The molecular weight excluding hydrogens is 282 g/mol. The van der Waals surface area contributed by atoms with Crippen molar-refractivity contribution in [3.63, 3.8) is 0 Å². The highest BCUT2D eigenvalue weighted by Crippen LogP contribution is 2.20. The number of ether oxygens (including phenoxy) is 1. The van der Waals surface area contributed by atoms with Crippen molar-refractivity contribution >= 4 is 21.7 Å². The first-order valence-electron chi connectivity index (χ1n) is 6.87. The zero-order chi connectivity index (χ0) is 15.3. The van der Waals surface area contributed by atoms with Crippen molar-refractivity contribution in [2.75, 3.05) is 12.9 Å². The van der Waals surface area contributed by atoms with Crippen molar-refractivity contribution in [3.05, 3.63) is 0 Å². The second kappa shape index (κ2) is 7.06. The summed E-state index contributed by atoms with van der Waals surface area (Å²) < 4.78 is 28.4. The Morgan fingerprint density at radius 1 is 1.30 bits per heavy atom. The van der Waals surface area contributed by atoms with Gasteiger partial charge < -0.3 is 10.1 Å². The number of hydrogen-bond acceptors (Lipinski definition) is 5. The van der Waals surface area contributed by atoms with Gasteiger partial charge in [0.2, 0.25) is 5.91 Å².